The third kappa shape index (κ3) is 2.46. The van der Waals surface area contributed by atoms with E-state index >= 15 is 0 Å². The van der Waals surface area contributed by atoms with E-state index < -0.39 is 0 Å². The zero-order chi connectivity index (χ0) is 17.2. The summed E-state index contributed by atoms with van der Waals surface area (Å²) in [6.45, 7) is 2.32. The van der Waals surface area contributed by atoms with Crippen LogP contribution in [0.5, 0.6) is 5.75 Å². The van der Waals surface area contributed by atoms with E-state index in [0.717, 1.165) is 37.9 Å². The Hall–Kier alpha value is -1.35. The molecule has 3 saturated carbocycles. The van der Waals surface area contributed by atoms with Gasteiger partial charge in [-0.2, -0.15) is 0 Å². The smallest absolute Gasteiger partial charge is 0.314 e. The van der Waals surface area contributed by atoms with Crippen LogP contribution in [0.2, 0.25) is 0 Å². The Morgan fingerprint density at radius 1 is 1.16 bits per heavy atom. The highest BCUT2D eigenvalue weighted by Gasteiger charge is 2.54. The normalized spacial score (nSPS) is 39.3. The van der Waals surface area contributed by atoms with Crippen molar-refractivity contribution in [2.75, 3.05) is 0 Å². The molecule has 0 radical (unpaired) electrons. The van der Waals surface area contributed by atoms with Gasteiger partial charge in [-0.15, -0.1) is 0 Å². The molecule has 0 amide bonds. The van der Waals surface area contributed by atoms with E-state index in [0.29, 0.717) is 17.8 Å². The molecule has 5 atom stereocenters. The Morgan fingerprint density at radius 3 is 2.80 bits per heavy atom. The first-order valence-corrected chi connectivity index (χ1v) is 10.1. The van der Waals surface area contributed by atoms with E-state index in [1.165, 1.54) is 30.4 Å². The summed E-state index contributed by atoms with van der Waals surface area (Å²) in [5, 5.41) is 10.5. The summed E-state index contributed by atoms with van der Waals surface area (Å²) >= 11 is 0. The number of benzene rings is 1. The number of aryl methyl sites for hydroxylation is 1. The Labute approximate surface area is 149 Å². The van der Waals surface area contributed by atoms with Crippen molar-refractivity contribution in [2.45, 2.75) is 70.3 Å². The summed E-state index contributed by atoms with van der Waals surface area (Å²) < 4.78 is 5.57. The average Bonchev–Trinajstić information content (AvgIpc) is 3.41. The van der Waals surface area contributed by atoms with Crippen LogP contribution in [0.1, 0.15) is 68.9 Å². The molecule has 0 heterocycles. The molecule has 5 rings (SSSR count). The van der Waals surface area contributed by atoms with Gasteiger partial charge >= 0.3 is 5.97 Å². The highest BCUT2D eigenvalue weighted by molar-refractivity contribution is 5.77. The maximum Gasteiger partial charge on any atom is 0.314 e. The number of hydrogen-bond acceptors (Lipinski definition) is 3. The Balaban J connectivity index is 1.39. The van der Waals surface area contributed by atoms with Gasteiger partial charge in [-0.05, 0) is 97.8 Å². The lowest BCUT2D eigenvalue weighted by Crippen LogP contribution is -2.43. The molecular formula is C22H28O3. The molecule has 25 heavy (non-hydrogen) atoms. The van der Waals surface area contributed by atoms with E-state index in [9.17, 15) is 9.90 Å². The molecule has 5 unspecified atom stereocenters. The van der Waals surface area contributed by atoms with Crippen molar-refractivity contribution in [3.05, 3.63) is 29.3 Å². The van der Waals surface area contributed by atoms with E-state index in [-0.39, 0.29) is 23.4 Å². The van der Waals surface area contributed by atoms with Crippen molar-refractivity contribution >= 4 is 5.97 Å². The van der Waals surface area contributed by atoms with Crippen LogP contribution in [0.25, 0.3) is 0 Å². The van der Waals surface area contributed by atoms with Gasteiger partial charge in [-0.1, -0.05) is 13.0 Å². The number of aliphatic hydroxyl groups is 1. The van der Waals surface area contributed by atoms with Crippen molar-refractivity contribution in [1.29, 1.82) is 0 Å². The summed E-state index contributed by atoms with van der Waals surface area (Å²) in [7, 11) is 0. The predicted molar refractivity (Wildman–Crippen MR) is 95.4 cm³/mol. The molecule has 4 aliphatic carbocycles. The molecule has 0 bridgehead atoms. The number of hydrogen-bond donors (Lipinski definition) is 1. The predicted octanol–water partition coefficient (Wildman–Crippen LogP) is 4.22. The fourth-order valence-corrected chi connectivity index (χ4v) is 6.11. The number of carbonyl (C=O) groups is 1. The molecule has 3 fully saturated rings. The third-order valence-electron chi connectivity index (χ3n) is 7.78. The fraction of sp³-hybridized carbons (Fsp3) is 0.682. The van der Waals surface area contributed by atoms with Crippen LogP contribution in [0.4, 0.5) is 0 Å². The molecule has 3 nitrogen and oxygen atoms in total. The SMILES string of the molecule is CC12CCC3c4ccc(OC(=O)C5CC5)cc4CCC3C1CCC2O. The molecule has 1 aromatic rings. The summed E-state index contributed by atoms with van der Waals surface area (Å²) in [6, 6.07) is 6.33. The van der Waals surface area contributed by atoms with Crippen LogP contribution in [-0.4, -0.2) is 17.2 Å². The molecule has 1 N–H and O–H groups in total. The van der Waals surface area contributed by atoms with Crippen LogP contribution in [0.15, 0.2) is 18.2 Å². The second kappa shape index (κ2) is 5.57. The van der Waals surface area contributed by atoms with Gasteiger partial charge in [-0.3, -0.25) is 4.79 Å². The highest BCUT2D eigenvalue weighted by atomic mass is 16.5. The fourth-order valence-electron chi connectivity index (χ4n) is 6.11. The molecule has 0 spiro atoms. The van der Waals surface area contributed by atoms with Gasteiger partial charge in [0.1, 0.15) is 5.75 Å². The number of ether oxygens (including phenoxy) is 1. The molecule has 134 valence electrons. The summed E-state index contributed by atoms with van der Waals surface area (Å²) in [5.41, 5.74) is 2.99. The lowest BCUT2D eigenvalue weighted by molar-refractivity contribution is -0.135. The minimum atomic E-state index is -0.107. The molecule has 0 saturated heterocycles. The minimum absolute atomic E-state index is 0.0537. The Kier molecular flexibility index (Phi) is 3.54. The second-order valence-electron chi connectivity index (χ2n) is 9.11. The van der Waals surface area contributed by atoms with E-state index in [1.807, 2.05) is 6.07 Å². The minimum Gasteiger partial charge on any atom is -0.426 e. The first kappa shape index (κ1) is 15.9. The maximum absolute atomic E-state index is 11.9. The van der Waals surface area contributed by atoms with Crippen molar-refractivity contribution in [2.24, 2.45) is 23.2 Å². The van der Waals surface area contributed by atoms with Gasteiger partial charge in [0, 0.05) is 0 Å². The number of fused-ring (bicyclic) bond motifs is 5. The maximum atomic E-state index is 11.9. The molecule has 0 aromatic heterocycles. The van der Waals surface area contributed by atoms with Gasteiger partial charge in [-0.25, -0.2) is 0 Å². The van der Waals surface area contributed by atoms with Gasteiger partial charge in [0.25, 0.3) is 0 Å². The van der Waals surface area contributed by atoms with Crippen LogP contribution >= 0.6 is 0 Å². The summed E-state index contributed by atoms with van der Waals surface area (Å²) in [4.78, 5) is 11.9. The number of rotatable bonds is 2. The Bertz CT molecular complexity index is 707. The quantitative estimate of drug-likeness (QED) is 0.648. The van der Waals surface area contributed by atoms with Gasteiger partial charge in [0.15, 0.2) is 0 Å². The lowest BCUT2D eigenvalue weighted by atomic mass is 9.55. The van der Waals surface area contributed by atoms with Crippen LogP contribution < -0.4 is 4.74 Å². The van der Waals surface area contributed by atoms with E-state index in [4.69, 9.17) is 4.74 Å². The Morgan fingerprint density at radius 2 is 2.00 bits per heavy atom. The van der Waals surface area contributed by atoms with E-state index in [2.05, 4.69) is 19.1 Å². The zero-order valence-electron chi connectivity index (χ0n) is 15.0. The van der Waals surface area contributed by atoms with Crippen molar-refractivity contribution in [3.8, 4) is 5.75 Å². The molecule has 0 aliphatic heterocycles. The van der Waals surface area contributed by atoms with Crippen LogP contribution in [-0.2, 0) is 11.2 Å². The molecule has 4 aliphatic rings. The lowest BCUT2D eigenvalue weighted by Gasteiger charge is -2.50. The van der Waals surface area contributed by atoms with Crippen LogP contribution in [0.3, 0.4) is 0 Å². The van der Waals surface area contributed by atoms with Crippen molar-refractivity contribution in [3.63, 3.8) is 0 Å². The standard InChI is InChI=1S/C22H28O3/c1-22-11-10-17-16-7-5-15(25-21(24)13-2-3-13)12-14(16)4-6-18(17)19(22)8-9-20(22)23/h5,7,12-13,17-20,23H,2-4,6,8-11H2,1H3. The zero-order valence-corrected chi connectivity index (χ0v) is 15.0. The topological polar surface area (TPSA) is 46.5 Å². The highest BCUT2D eigenvalue weighted by Crippen LogP contribution is 2.60. The molecule has 3 heteroatoms. The number of aliphatic hydroxyl groups excluding tert-OH is 1. The van der Waals surface area contributed by atoms with Gasteiger partial charge in [0.05, 0.1) is 12.0 Å². The van der Waals surface area contributed by atoms with Crippen molar-refractivity contribution in [1.82, 2.24) is 0 Å². The van der Waals surface area contributed by atoms with Crippen LogP contribution in [0, 0.1) is 23.2 Å². The summed E-state index contributed by atoms with van der Waals surface area (Å²) in [6.07, 6.45) is 8.64. The first-order valence-electron chi connectivity index (χ1n) is 10.1. The van der Waals surface area contributed by atoms with Crippen molar-refractivity contribution < 1.29 is 14.6 Å². The number of esters is 1. The second-order valence-corrected chi connectivity index (χ2v) is 9.11. The monoisotopic (exact) mass is 340 g/mol. The summed E-state index contributed by atoms with van der Waals surface area (Å²) in [5.74, 6) is 2.82. The first-order chi connectivity index (χ1) is 12.1. The van der Waals surface area contributed by atoms with E-state index in [1.54, 1.807) is 0 Å². The molecular weight excluding hydrogens is 312 g/mol. The van der Waals surface area contributed by atoms with Gasteiger partial charge < -0.3 is 9.84 Å². The molecule has 1 aromatic carbocycles. The largest absolute Gasteiger partial charge is 0.426 e. The third-order valence-corrected chi connectivity index (χ3v) is 7.78. The number of carbonyl (C=O) groups excluding carboxylic acids is 1. The average molecular weight is 340 g/mol. The van der Waals surface area contributed by atoms with Gasteiger partial charge in [0.2, 0.25) is 0 Å².